The van der Waals surface area contributed by atoms with Crippen LogP contribution >= 0.6 is 23.8 Å². The number of fused-ring (bicyclic) bond motifs is 2. The Kier molecular flexibility index (Phi) is 8.54. The number of hydrogen-bond donors (Lipinski definition) is 3. The number of benzene rings is 4. The first-order valence-corrected chi connectivity index (χ1v) is 15.4. The molecule has 6 rings (SSSR count). The number of anilines is 3. The van der Waals surface area contributed by atoms with Crippen molar-refractivity contribution >= 4 is 68.4 Å². The average Bonchev–Trinajstić information content (AvgIpc) is 3.10. The van der Waals surface area contributed by atoms with Crippen molar-refractivity contribution in [3.8, 4) is 0 Å². The molecule has 2 heterocycles. The second-order valence-corrected chi connectivity index (χ2v) is 12.2. The normalized spacial score (nSPS) is 17.7. The lowest BCUT2D eigenvalue weighted by Crippen LogP contribution is -2.47. The maximum Gasteiger partial charge on any atom is 0.272 e. The summed E-state index contributed by atoms with van der Waals surface area (Å²) in [7, 11) is 3.90. The highest BCUT2D eigenvalue weighted by Crippen LogP contribution is 2.33. The van der Waals surface area contributed by atoms with Gasteiger partial charge in [-0.15, -0.1) is 0 Å². The van der Waals surface area contributed by atoms with Gasteiger partial charge in [0.2, 0.25) is 11.2 Å². The molecule has 0 bridgehead atoms. The molecule has 3 N–H and O–H groups in total. The van der Waals surface area contributed by atoms with E-state index in [1.54, 1.807) is 24.1 Å². The first-order valence-electron chi connectivity index (χ1n) is 14.2. The summed E-state index contributed by atoms with van der Waals surface area (Å²) in [6, 6.07) is 25.7. The van der Waals surface area contributed by atoms with E-state index in [0.29, 0.717) is 33.0 Å². The van der Waals surface area contributed by atoms with Crippen LogP contribution in [-0.2, 0) is 4.79 Å². The third-order valence-electron chi connectivity index (χ3n) is 8.05. The van der Waals surface area contributed by atoms with Gasteiger partial charge in [-0.25, -0.2) is 4.99 Å². The van der Waals surface area contributed by atoms with Crippen LogP contribution in [0.2, 0.25) is 10.0 Å². The highest BCUT2D eigenvalue weighted by Gasteiger charge is 2.32. The van der Waals surface area contributed by atoms with Crippen LogP contribution in [0, 0.1) is 11.6 Å². The molecule has 1 amide bonds. The van der Waals surface area contributed by atoms with Crippen molar-refractivity contribution in [3.63, 3.8) is 0 Å². The highest BCUT2D eigenvalue weighted by molar-refractivity contribution is 7.80. The Morgan fingerprint density at radius 2 is 1.60 bits per heavy atom. The summed E-state index contributed by atoms with van der Waals surface area (Å²) in [4.78, 5) is 22.5. The Labute approximate surface area is 266 Å². The zero-order chi connectivity index (χ0) is 30.1. The van der Waals surface area contributed by atoms with E-state index in [9.17, 15) is 4.79 Å². The molecule has 1 atom stereocenters. The minimum absolute atomic E-state index is 0.257. The number of thiocarbonyl (C=S) groups is 1. The van der Waals surface area contributed by atoms with Crippen molar-refractivity contribution in [1.82, 2.24) is 10.2 Å². The van der Waals surface area contributed by atoms with Crippen LogP contribution in [0.3, 0.4) is 0 Å². The molecule has 43 heavy (non-hydrogen) atoms. The van der Waals surface area contributed by atoms with Gasteiger partial charge in [0.1, 0.15) is 0 Å². The Morgan fingerprint density at radius 3 is 2.35 bits per heavy atom. The van der Waals surface area contributed by atoms with Crippen LogP contribution in [0.1, 0.15) is 24.0 Å². The smallest absolute Gasteiger partial charge is 0.272 e. The number of carbonyl (C=O) groups is 1. The number of nitrogens with one attached hydrogen (secondary N) is 3. The summed E-state index contributed by atoms with van der Waals surface area (Å²) in [5.41, 5.74) is 4.64. The van der Waals surface area contributed by atoms with E-state index in [1.165, 1.54) is 0 Å². The fourth-order valence-corrected chi connectivity index (χ4v) is 6.34. The standard InChI is InChI=1S/C33H32Cl2N6OS/c1-40-17-15-21(16-18-40)36-27-12-13-28(23-8-4-3-7-22(23)27)37-33(43)39-31-32(42)41(2)29-14-11-20(34)19-25(29)30(38-31)24-9-5-6-10-26(24)35/h3-14,19,21,31,34,36H,15-18H2,1-2H3,(H-,37,39,43)/p+1. The number of carbonyl (C=O) groups excluding carboxylic acids is 1. The molecule has 0 aliphatic carbocycles. The van der Waals surface area contributed by atoms with Crippen LogP contribution in [-0.4, -0.2) is 61.0 Å². The van der Waals surface area contributed by atoms with Gasteiger partial charge in [0, 0.05) is 63.5 Å². The van der Waals surface area contributed by atoms with Gasteiger partial charge in [-0.1, -0.05) is 54.1 Å². The van der Waals surface area contributed by atoms with Gasteiger partial charge < -0.3 is 25.8 Å². The summed E-state index contributed by atoms with van der Waals surface area (Å²) in [6.45, 7) is 2.18. The number of likely N-dealkylation sites (N-methyl/N-ethyl adjacent to an activating group) is 1. The largest absolute Gasteiger partial charge is 0.382 e. The Hall–Kier alpha value is -3.69. The number of amides is 1. The number of rotatable bonds is 5. The SMILES string of the molecule is CN1CCC(Nc2ccc(NC(=S)NC3N=C(c4ccccc4Cl)c4cc([ClH+])ccc4N(C)C3=O)c3ccccc23)CC1. The molecule has 220 valence electrons. The minimum Gasteiger partial charge on any atom is -0.382 e. The number of aliphatic imine (C=N–C) groups is 1. The quantitative estimate of drug-likeness (QED) is 0.241. The molecule has 7 nitrogen and oxygen atoms in total. The topological polar surface area (TPSA) is 72.0 Å². The number of nitrogens with zero attached hydrogens (tertiary/aromatic N) is 3. The molecule has 1 unspecified atom stereocenters. The Balaban J connectivity index is 1.29. The van der Waals surface area contributed by atoms with E-state index < -0.39 is 6.17 Å². The maximum absolute atomic E-state index is 13.7. The van der Waals surface area contributed by atoms with E-state index in [1.807, 2.05) is 48.5 Å². The molecule has 4 aromatic carbocycles. The molecule has 0 radical (unpaired) electrons. The van der Waals surface area contributed by atoms with Crippen molar-refractivity contribution in [2.45, 2.75) is 25.0 Å². The number of hydrogen-bond acceptors (Lipinski definition) is 5. The fourth-order valence-electron chi connectivity index (χ4n) is 5.70. The molecule has 0 spiro atoms. The van der Waals surface area contributed by atoms with Gasteiger partial charge in [0.25, 0.3) is 5.91 Å². The van der Waals surface area contributed by atoms with E-state index in [2.05, 4.69) is 46.1 Å². The summed E-state index contributed by atoms with van der Waals surface area (Å²) in [5.74, 6) is -0.257. The van der Waals surface area contributed by atoms with Crippen molar-refractivity contribution in [3.05, 3.63) is 100 Å². The van der Waals surface area contributed by atoms with Crippen molar-refractivity contribution < 1.29 is 16.4 Å². The van der Waals surface area contributed by atoms with Crippen molar-refractivity contribution in [2.24, 2.45) is 4.99 Å². The number of halogens is 2. The molecule has 10 heteroatoms. The van der Waals surface area contributed by atoms with Crippen LogP contribution in [0.25, 0.3) is 10.8 Å². The minimum atomic E-state index is -0.992. The van der Waals surface area contributed by atoms with Gasteiger partial charge >= 0.3 is 0 Å². The lowest BCUT2D eigenvalue weighted by atomic mass is 10.00. The van der Waals surface area contributed by atoms with Crippen LogP contribution in [0.4, 0.5) is 17.1 Å². The van der Waals surface area contributed by atoms with Gasteiger partial charge in [0.05, 0.1) is 11.4 Å². The molecular formula is C33H33Cl2N6OS+. The number of piperidine rings is 1. The lowest BCUT2D eigenvalue weighted by Gasteiger charge is -2.30. The van der Waals surface area contributed by atoms with Crippen molar-refractivity contribution in [1.29, 1.82) is 0 Å². The van der Waals surface area contributed by atoms with Crippen LogP contribution < -0.4 is 20.9 Å². The monoisotopic (exact) mass is 631 g/mol. The predicted octanol–water partition coefficient (Wildman–Crippen LogP) is 5.82. The van der Waals surface area contributed by atoms with E-state index >= 15 is 0 Å². The summed E-state index contributed by atoms with van der Waals surface area (Å²) < 4.78 is 0. The Morgan fingerprint density at radius 1 is 0.930 bits per heavy atom. The maximum atomic E-state index is 13.7. The molecule has 0 aromatic heterocycles. The lowest BCUT2D eigenvalue weighted by molar-refractivity contribution is -0.288. The fraction of sp³-hybridized carbons (Fsp3) is 0.242. The summed E-state index contributed by atoms with van der Waals surface area (Å²) in [6.07, 6.45) is 1.22. The second kappa shape index (κ2) is 12.5. The van der Waals surface area contributed by atoms with Gasteiger partial charge in [-0.05, 0) is 69.5 Å². The van der Waals surface area contributed by atoms with Gasteiger partial charge in [-0.2, -0.15) is 0 Å². The molecule has 2 aliphatic heterocycles. The van der Waals surface area contributed by atoms with E-state index in [4.69, 9.17) is 40.4 Å². The summed E-state index contributed by atoms with van der Waals surface area (Å²) in [5, 5.41) is 13.8. The molecule has 4 aromatic rings. The van der Waals surface area contributed by atoms with Crippen LogP contribution in [0.15, 0.2) is 83.9 Å². The first-order chi connectivity index (χ1) is 20.8. The second-order valence-electron chi connectivity index (χ2n) is 11.0. The third kappa shape index (κ3) is 6.19. The molecule has 1 saturated heterocycles. The number of benzodiazepines with no additional fused rings is 1. The molecule has 2 aliphatic rings. The molecule has 1 fully saturated rings. The Bertz CT molecular complexity index is 1740. The van der Waals surface area contributed by atoms with Gasteiger partial charge in [-0.3, -0.25) is 4.79 Å². The summed E-state index contributed by atoms with van der Waals surface area (Å²) >= 11 is 17.8. The number of likely N-dealkylation sites (tertiary alicyclic amines) is 1. The third-order valence-corrected chi connectivity index (χ3v) is 8.86. The van der Waals surface area contributed by atoms with E-state index in [-0.39, 0.29) is 11.0 Å². The van der Waals surface area contributed by atoms with Crippen molar-refractivity contribution in [2.75, 3.05) is 42.7 Å². The molecular weight excluding hydrogens is 599 g/mol. The van der Waals surface area contributed by atoms with Crippen LogP contribution in [0.5, 0.6) is 0 Å². The van der Waals surface area contributed by atoms with E-state index in [0.717, 1.165) is 53.6 Å². The first kappa shape index (κ1) is 29.4. The zero-order valence-electron chi connectivity index (χ0n) is 23.9. The highest BCUT2D eigenvalue weighted by atomic mass is 35.5. The average molecular weight is 633 g/mol. The zero-order valence-corrected chi connectivity index (χ0v) is 26.3. The van der Waals surface area contributed by atoms with Gasteiger partial charge in [0.15, 0.2) is 16.7 Å². The predicted molar refractivity (Wildman–Crippen MR) is 179 cm³/mol. The molecule has 0 saturated carbocycles.